The predicted molar refractivity (Wildman–Crippen MR) is 143 cm³/mol. The minimum absolute atomic E-state index is 0.0376. The number of methoxy groups -OCH3 is 1. The number of nitrogens with one attached hydrogen (secondary N) is 1. The second-order valence-electron chi connectivity index (χ2n) is 8.71. The van der Waals surface area contributed by atoms with Crippen LogP contribution in [0.1, 0.15) is 50.2 Å². The van der Waals surface area contributed by atoms with E-state index in [0.29, 0.717) is 35.3 Å². The van der Waals surface area contributed by atoms with Crippen molar-refractivity contribution in [3.05, 3.63) is 69.7 Å². The Morgan fingerprint density at radius 2 is 2.00 bits per heavy atom. The summed E-state index contributed by atoms with van der Waals surface area (Å²) in [5.41, 5.74) is 3.61. The molecule has 2 N–H and O–H groups in total. The van der Waals surface area contributed by atoms with Gasteiger partial charge in [-0.2, -0.15) is 0 Å². The summed E-state index contributed by atoms with van der Waals surface area (Å²) in [6.45, 7) is 3.15. The molecule has 10 heteroatoms. The Kier molecular flexibility index (Phi) is 6.99. The standard InChI is InChI=1S/C26H26N4O4S2/c1-15(34-2)10-11-21-22(24(32)33)28-26(36-21)30-13-12-16-6-5-7-17(18(16)14-30)23(31)29-25-27-19-8-3-4-9-20(19)35-25/h3-9,15H,10-14H2,1-2H3,(H,32,33)(H,27,29,31). The van der Waals surface area contributed by atoms with Crippen molar-refractivity contribution in [3.63, 3.8) is 0 Å². The van der Waals surface area contributed by atoms with Crippen LogP contribution >= 0.6 is 22.7 Å². The molecule has 0 saturated carbocycles. The van der Waals surface area contributed by atoms with E-state index in [1.165, 1.54) is 22.7 Å². The fraction of sp³-hybridized carbons (Fsp3) is 0.308. The molecule has 2 aromatic carbocycles. The van der Waals surface area contributed by atoms with Crippen molar-refractivity contribution in [1.29, 1.82) is 0 Å². The van der Waals surface area contributed by atoms with Gasteiger partial charge in [0.15, 0.2) is 16.0 Å². The van der Waals surface area contributed by atoms with Gasteiger partial charge in [-0.15, -0.1) is 11.3 Å². The highest BCUT2D eigenvalue weighted by atomic mass is 32.1. The first kappa shape index (κ1) is 24.4. The minimum Gasteiger partial charge on any atom is -0.476 e. The van der Waals surface area contributed by atoms with Crippen molar-refractivity contribution in [2.75, 3.05) is 23.9 Å². The molecule has 5 rings (SSSR count). The van der Waals surface area contributed by atoms with Crippen LogP contribution in [0.25, 0.3) is 10.2 Å². The molecule has 0 fully saturated rings. The summed E-state index contributed by atoms with van der Waals surface area (Å²) in [5, 5.41) is 13.9. The highest BCUT2D eigenvalue weighted by molar-refractivity contribution is 7.22. The number of carboxylic acids is 1. The number of aromatic nitrogens is 2. The van der Waals surface area contributed by atoms with E-state index < -0.39 is 5.97 Å². The number of anilines is 2. The summed E-state index contributed by atoms with van der Waals surface area (Å²) < 4.78 is 6.33. The lowest BCUT2D eigenvalue weighted by atomic mass is 9.94. The van der Waals surface area contributed by atoms with Gasteiger partial charge in [0.1, 0.15) is 0 Å². The van der Waals surface area contributed by atoms with E-state index in [1.54, 1.807) is 7.11 Å². The van der Waals surface area contributed by atoms with Crippen molar-refractivity contribution >= 4 is 55.0 Å². The van der Waals surface area contributed by atoms with Gasteiger partial charge in [-0.1, -0.05) is 35.6 Å². The molecule has 2 aromatic heterocycles. The van der Waals surface area contributed by atoms with E-state index in [1.807, 2.05) is 49.4 Å². The maximum Gasteiger partial charge on any atom is 0.355 e. The number of ether oxygens (including phenoxy) is 1. The van der Waals surface area contributed by atoms with Crippen LogP contribution in [-0.2, 0) is 24.1 Å². The molecule has 1 amide bonds. The lowest BCUT2D eigenvalue weighted by Gasteiger charge is -2.29. The molecule has 0 radical (unpaired) electrons. The number of thiazole rings is 2. The number of nitrogens with zero attached hydrogens (tertiary/aromatic N) is 3. The zero-order chi connectivity index (χ0) is 25.2. The highest BCUT2D eigenvalue weighted by Gasteiger charge is 2.26. The summed E-state index contributed by atoms with van der Waals surface area (Å²) in [6, 6.07) is 13.6. The molecule has 3 heterocycles. The van der Waals surface area contributed by atoms with Crippen LogP contribution in [0.5, 0.6) is 0 Å². The molecule has 4 aromatic rings. The predicted octanol–water partition coefficient (Wildman–Crippen LogP) is 5.23. The average Bonchev–Trinajstić information content (AvgIpc) is 3.50. The fourth-order valence-electron chi connectivity index (χ4n) is 4.31. The Bertz CT molecular complexity index is 1400. The number of hydrogen-bond acceptors (Lipinski definition) is 8. The Balaban J connectivity index is 1.38. The van der Waals surface area contributed by atoms with E-state index >= 15 is 0 Å². The van der Waals surface area contributed by atoms with Gasteiger partial charge in [0.05, 0.1) is 16.3 Å². The van der Waals surface area contributed by atoms with Gasteiger partial charge in [-0.3, -0.25) is 10.1 Å². The maximum absolute atomic E-state index is 13.3. The third-order valence-electron chi connectivity index (χ3n) is 6.37. The Morgan fingerprint density at radius 3 is 2.78 bits per heavy atom. The van der Waals surface area contributed by atoms with Crippen molar-refractivity contribution < 1.29 is 19.4 Å². The van der Waals surface area contributed by atoms with E-state index in [2.05, 4.69) is 20.2 Å². The number of para-hydroxylation sites is 1. The van der Waals surface area contributed by atoms with E-state index in [9.17, 15) is 14.7 Å². The Morgan fingerprint density at radius 1 is 1.17 bits per heavy atom. The van der Waals surface area contributed by atoms with Gasteiger partial charge < -0.3 is 14.7 Å². The van der Waals surface area contributed by atoms with Crippen LogP contribution in [0, 0.1) is 0 Å². The third kappa shape index (κ3) is 4.97. The third-order valence-corrected chi connectivity index (χ3v) is 8.50. The topological polar surface area (TPSA) is 105 Å². The zero-order valence-corrected chi connectivity index (χ0v) is 21.6. The molecule has 1 atom stereocenters. The van der Waals surface area contributed by atoms with Crippen molar-refractivity contribution in [3.8, 4) is 0 Å². The fourth-order valence-corrected chi connectivity index (χ4v) is 6.26. The SMILES string of the molecule is COC(C)CCc1sc(N2CCc3cccc(C(=O)Nc4nc5ccccc5s4)c3C2)nc1C(=O)O. The van der Waals surface area contributed by atoms with Crippen molar-refractivity contribution in [1.82, 2.24) is 9.97 Å². The van der Waals surface area contributed by atoms with Crippen LogP contribution in [0.2, 0.25) is 0 Å². The van der Waals surface area contributed by atoms with Crippen LogP contribution < -0.4 is 10.2 Å². The van der Waals surface area contributed by atoms with E-state index in [-0.39, 0.29) is 17.7 Å². The molecule has 1 unspecified atom stereocenters. The monoisotopic (exact) mass is 522 g/mol. The number of aromatic carboxylic acids is 1. The molecule has 0 saturated heterocycles. The number of fused-ring (bicyclic) bond motifs is 2. The number of rotatable bonds is 8. The van der Waals surface area contributed by atoms with Gasteiger partial charge >= 0.3 is 5.97 Å². The summed E-state index contributed by atoms with van der Waals surface area (Å²) >= 11 is 2.85. The number of benzene rings is 2. The molecule has 186 valence electrons. The Hall–Kier alpha value is -3.34. The molecule has 0 aliphatic carbocycles. The average molecular weight is 523 g/mol. The number of hydrogen-bond donors (Lipinski definition) is 2. The molecular formula is C26H26N4O4S2. The number of amides is 1. The summed E-state index contributed by atoms with van der Waals surface area (Å²) in [6.07, 6.45) is 2.09. The number of carbonyl (C=O) groups excluding carboxylic acids is 1. The van der Waals surface area contributed by atoms with E-state index in [0.717, 1.165) is 39.1 Å². The van der Waals surface area contributed by atoms with Crippen LogP contribution in [-0.4, -0.2) is 46.7 Å². The molecule has 0 bridgehead atoms. The number of carbonyl (C=O) groups is 2. The quantitative estimate of drug-likeness (QED) is 0.326. The van der Waals surface area contributed by atoms with Crippen molar-refractivity contribution in [2.45, 2.75) is 38.8 Å². The smallest absolute Gasteiger partial charge is 0.355 e. The summed E-state index contributed by atoms with van der Waals surface area (Å²) in [7, 11) is 1.65. The van der Waals surface area contributed by atoms with Gasteiger partial charge in [0, 0.05) is 30.6 Å². The molecular weight excluding hydrogens is 496 g/mol. The second-order valence-corrected chi connectivity index (χ2v) is 10.8. The van der Waals surface area contributed by atoms with Crippen LogP contribution in [0.4, 0.5) is 10.3 Å². The first-order valence-electron chi connectivity index (χ1n) is 11.7. The van der Waals surface area contributed by atoms with Gasteiger partial charge in [0.25, 0.3) is 5.91 Å². The molecule has 1 aliphatic rings. The largest absolute Gasteiger partial charge is 0.476 e. The van der Waals surface area contributed by atoms with Crippen molar-refractivity contribution in [2.24, 2.45) is 0 Å². The first-order chi connectivity index (χ1) is 17.4. The molecule has 8 nitrogen and oxygen atoms in total. The number of aryl methyl sites for hydroxylation is 1. The molecule has 1 aliphatic heterocycles. The van der Waals surface area contributed by atoms with Crippen LogP contribution in [0.15, 0.2) is 42.5 Å². The zero-order valence-electron chi connectivity index (χ0n) is 20.0. The minimum atomic E-state index is -1.02. The van der Waals surface area contributed by atoms with E-state index in [4.69, 9.17) is 4.74 Å². The molecule has 0 spiro atoms. The summed E-state index contributed by atoms with van der Waals surface area (Å²) in [5.74, 6) is -1.22. The Labute approximate surface area is 216 Å². The number of carboxylic acid groups (broad SMARTS) is 1. The molecule has 36 heavy (non-hydrogen) atoms. The van der Waals surface area contributed by atoms with Crippen LogP contribution in [0.3, 0.4) is 0 Å². The lowest BCUT2D eigenvalue weighted by molar-refractivity contribution is 0.0689. The highest BCUT2D eigenvalue weighted by Crippen LogP contribution is 2.33. The second kappa shape index (κ2) is 10.3. The van der Waals surface area contributed by atoms with Gasteiger partial charge in [-0.25, -0.2) is 14.8 Å². The summed E-state index contributed by atoms with van der Waals surface area (Å²) in [4.78, 5) is 36.9. The lowest BCUT2D eigenvalue weighted by Crippen LogP contribution is -2.32. The normalized spacial score (nSPS) is 14.0. The maximum atomic E-state index is 13.3. The first-order valence-corrected chi connectivity index (χ1v) is 13.3. The van der Waals surface area contributed by atoms with Gasteiger partial charge in [-0.05, 0) is 55.5 Å². The van der Waals surface area contributed by atoms with Gasteiger partial charge in [0.2, 0.25) is 0 Å².